The molecule has 3 aromatic rings. The maximum Gasteiger partial charge on any atom is 0.228 e. The third kappa shape index (κ3) is 4.37. The Balaban J connectivity index is 1.57. The van der Waals surface area contributed by atoms with Crippen LogP contribution in [-0.4, -0.2) is 74.9 Å². The zero-order valence-electron chi connectivity index (χ0n) is 18.2. The van der Waals surface area contributed by atoms with Crippen molar-refractivity contribution < 1.29 is 4.21 Å². The Labute approximate surface area is 190 Å². The highest BCUT2D eigenvalue weighted by molar-refractivity contribution is 7.85. The number of benzene rings is 1. The van der Waals surface area contributed by atoms with Gasteiger partial charge in [-0.25, -0.2) is 15.0 Å². The highest BCUT2D eigenvalue weighted by Gasteiger charge is 2.24. The van der Waals surface area contributed by atoms with Crippen LogP contribution in [0.1, 0.15) is 18.5 Å². The molecule has 2 aliphatic heterocycles. The van der Waals surface area contributed by atoms with E-state index < -0.39 is 10.8 Å². The molecule has 10 heteroatoms. The molecule has 0 saturated carbocycles. The van der Waals surface area contributed by atoms with Gasteiger partial charge in [0.15, 0.2) is 11.6 Å². The fourth-order valence-corrected chi connectivity index (χ4v) is 5.19. The summed E-state index contributed by atoms with van der Waals surface area (Å²) >= 11 is 0. The molecule has 4 heterocycles. The first kappa shape index (κ1) is 21.0. The molecule has 0 bridgehead atoms. The number of hydrogen-bond donors (Lipinski definition) is 2. The molecule has 2 saturated heterocycles. The van der Waals surface area contributed by atoms with Crippen molar-refractivity contribution in [3.63, 3.8) is 0 Å². The van der Waals surface area contributed by atoms with Gasteiger partial charge in [-0.3, -0.25) is 4.21 Å². The topological polar surface area (TPSA) is 99.2 Å². The van der Waals surface area contributed by atoms with Gasteiger partial charge in [0.05, 0.1) is 6.04 Å². The molecule has 0 amide bonds. The lowest BCUT2D eigenvalue weighted by Gasteiger charge is -2.31. The second-order valence-electron chi connectivity index (χ2n) is 8.12. The van der Waals surface area contributed by atoms with Gasteiger partial charge >= 0.3 is 0 Å². The lowest BCUT2D eigenvalue weighted by Crippen LogP contribution is -2.44. The number of rotatable bonds is 5. The van der Waals surface area contributed by atoms with Crippen LogP contribution in [0.3, 0.4) is 0 Å². The van der Waals surface area contributed by atoms with E-state index in [-0.39, 0.29) is 6.04 Å². The van der Waals surface area contributed by atoms with E-state index in [0.29, 0.717) is 36.4 Å². The van der Waals surface area contributed by atoms with Gasteiger partial charge in [-0.05, 0) is 12.5 Å². The van der Waals surface area contributed by atoms with Gasteiger partial charge < -0.3 is 20.4 Å². The number of aromatic nitrogens is 4. The SMILES string of the molecule is CC(Nc1ncnc2c(N3CCS(=O)CC3)nc(N3CCNCC3)nc12)c1ccccc1. The lowest BCUT2D eigenvalue weighted by molar-refractivity contribution is 0.580. The zero-order chi connectivity index (χ0) is 21.9. The summed E-state index contributed by atoms with van der Waals surface area (Å²) < 4.78 is 11.9. The molecule has 1 unspecified atom stereocenters. The molecule has 0 spiro atoms. The van der Waals surface area contributed by atoms with E-state index in [1.54, 1.807) is 6.33 Å². The van der Waals surface area contributed by atoms with E-state index in [2.05, 4.69) is 49.5 Å². The van der Waals surface area contributed by atoms with Crippen LogP contribution in [0, 0.1) is 0 Å². The number of hydrogen-bond acceptors (Lipinski definition) is 9. The molecule has 2 aromatic heterocycles. The van der Waals surface area contributed by atoms with Crippen LogP contribution >= 0.6 is 0 Å². The van der Waals surface area contributed by atoms with Crippen molar-refractivity contribution in [2.45, 2.75) is 13.0 Å². The molecule has 2 fully saturated rings. The summed E-state index contributed by atoms with van der Waals surface area (Å²) in [6, 6.07) is 10.3. The molecular weight excluding hydrogens is 424 g/mol. The van der Waals surface area contributed by atoms with Crippen molar-refractivity contribution in [1.29, 1.82) is 0 Å². The predicted molar refractivity (Wildman–Crippen MR) is 129 cm³/mol. The molecule has 2 aliphatic rings. The average molecular weight is 453 g/mol. The number of nitrogens with zero attached hydrogens (tertiary/aromatic N) is 6. The second kappa shape index (κ2) is 9.33. The molecule has 168 valence electrons. The fraction of sp³-hybridized carbons (Fsp3) is 0.455. The summed E-state index contributed by atoms with van der Waals surface area (Å²) in [7, 11) is -0.760. The molecule has 1 atom stereocenters. The maximum absolute atomic E-state index is 11.9. The minimum atomic E-state index is -0.760. The van der Waals surface area contributed by atoms with E-state index in [9.17, 15) is 4.21 Å². The Morgan fingerprint density at radius 1 is 0.969 bits per heavy atom. The number of fused-ring (bicyclic) bond motifs is 1. The van der Waals surface area contributed by atoms with Crippen LogP contribution in [0.25, 0.3) is 11.0 Å². The Bertz CT molecular complexity index is 1100. The predicted octanol–water partition coefficient (Wildman–Crippen LogP) is 1.57. The minimum absolute atomic E-state index is 0.0627. The van der Waals surface area contributed by atoms with Gasteiger partial charge in [0.25, 0.3) is 0 Å². The highest BCUT2D eigenvalue weighted by Crippen LogP contribution is 2.30. The molecular formula is C22H28N8OS. The first-order valence-corrected chi connectivity index (χ1v) is 12.6. The van der Waals surface area contributed by atoms with E-state index in [0.717, 1.165) is 43.0 Å². The third-order valence-electron chi connectivity index (χ3n) is 5.98. The van der Waals surface area contributed by atoms with Crippen molar-refractivity contribution in [3.8, 4) is 0 Å². The van der Waals surface area contributed by atoms with E-state index in [4.69, 9.17) is 9.97 Å². The summed E-state index contributed by atoms with van der Waals surface area (Å²) in [5.41, 5.74) is 2.63. The van der Waals surface area contributed by atoms with Crippen molar-refractivity contribution in [1.82, 2.24) is 25.3 Å². The summed E-state index contributed by atoms with van der Waals surface area (Å²) in [6.45, 7) is 7.03. The lowest BCUT2D eigenvalue weighted by atomic mass is 10.1. The fourth-order valence-electron chi connectivity index (χ4n) is 4.13. The highest BCUT2D eigenvalue weighted by atomic mass is 32.2. The van der Waals surface area contributed by atoms with Crippen LogP contribution in [-0.2, 0) is 10.8 Å². The van der Waals surface area contributed by atoms with Crippen molar-refractivity contribution in [3.05, 3.63) is 42.2 Å². The van der Waals surface area contributed by atoms with Gasteiger partial charge in [-0.2, -0.15) is 4.98 Å². The van der Waals surface area contributed by atoms with Gasteiger partial charge in [0.2, 0.25) is 5.95 Å². The van der Waals surface area contributed by atoms with Gasteiger partial charge in [0.1, 0.15) is 17.4 Å². The maximum atomic E-state index is 11.9. The molecule has 5 rings (SSSR count). The Morgan fingerprint density at radius 3 is 2.47 bits per heavy atom. The summed E-state index contributed by atoms with van der Waals surface area (Å²) in [5.74, 6) is 3.50. The number of piperazine rings is 1. The first-order chi connectivity index (χ1) is 15.7. The molecule has 2 N–H and O–H groups in total. The quantitative estimate of drug-likeness (QED) is 0.598. The van der Waals surface area contributed by atoms with Crippen molar-refractivity contribution in [2.75, 3.05) is 65.9 Å². The van der Waals surface area contributed by atoms with Gasteiger partial charge in [-0.15, -0.1) is 0 Å². The third-order valence-corrected chi connectivity index (χ3v) is 7.26. The smallest absolute Gasteiger partial charge is 0.228 e. The van der Waals surface area contributed by atoms with Crippen molar-refractivity contribution in [2.24, 2.45) is 0 Å². The van der Waals surface area contributed by atoms with Crippen molar-refractivity contribution >= 4 is 39.4 Å². The average Bonchev–Trinajstić information content (AvgIpc) is 2.85. The van der Waals surface area contributed by atoms with Crippen LogP contribution in [0.4, 0.5) is 17.6 Å². The summed E-state index contributed by atoms with van der Waals surface area (Å²) in [4.78, 5) is 23.4. The molecule has 9 nitrogen and oxygen atoms in total. The van der Waals surface area contributed by atoms with Gasteiger partial charge in [-0.1, -0.05) is 30.3 Å². The molecule has 32 heavy (non-hydrogen) atoms. The normalized spacial score (nSPS) is 18.7. The van der Waals surface area contributed by atoms with E-state index in [1.165, 1.54) is 5.56 Å². The summed E-state index contributed by atoms with van der Waals surface area (Å²) in [6.07, 6.45) is 1.57. The number of nitrogens with one attached hydrogen (secondary N) is 2. The minimum Gasteiger partial charge on any atom is -0.362 e. The molecule has 0 radical (unpaired) electrons. The van der Waals surface area contributed by atoms with Crippen LogP contribution in [0.5, 0.6) is 0 Å². The standard InChI is InChI=1S/C22H28N8OS/c1-16(17-5-3-2-4-6-17)26-20-18-19(24-15-25-20)21(29-11-13-32(31)14-12-29)28-22(27-18)30-9-7-23-8-10-30/h2-6,15-16,23H,7-14H2,1H3,(H,24,25,26). The molecule has 0 aliphatic carbocycles. The second-order valence-corrected chi connectivity index (χ2v) is 9.81. The summed E-state index contributed by atoms with van der Waals surface area (Å²) in [5, 5.41) is 6.91. The van der Waals surface area contributed by atoms with E-state index in [1.807, 2.05) is 18.2 Å². The van der Waals surface area contributed by atoms with Gasteiger partial charge in [0, 0.05) is 61.6 Å². The number of anilines is 3. The van der Waals surface area contributed by atoms with Crippen LogP contribution in [0.15, 0.2) is 36.7 Å². The first-order valence-electron chi connectivity index (χ1n) is 11.1. The Kier molecular flexibility index (Phi) is 6.13. The Morgan fingerprint density at radius 2 is 1.72 bits per heavy atom. The zero-order valence-corrected chi connectivity index (χ0v) is 19.0. The Hall–Kier alpha value is -2.85. The van der Waals surface area contributed by atoms with Crippen LogP contribution < -0.4 is 20.4 Å². The largest absolute Gasteiger partial charge is 0.362 e. The van der Waals surface area contributed by atoms with Crippen LogP contribution in [0.2, 0.25) is 0 Å². The molecule has 1 aromatic carbocycles. The monoisotopic (exact) mass is 452 g/mol. The van der Waals surface area contributed by atoms with E-state index >= 15 is 0 Å².